The van der Waals surface area contributed by atoms with Gasteiger partial charge in [0.05, 0.1) is 12.3 Å². The maximum Gasteiger partial charge on any atom is 0.306 e. The number of anilines is 1. The molecule has 0 heterocycles. The van der Waals surface area contributed by atoms with Gasteiger partial charge in [-0.25, -0.2) is 4.39 Å². The zero-order valence-corrected chi connectivity index (χ0v) is 14.9. The van der Waals surface area contributed by atoms with Crippen molar-refractivity contribution in [2.45, 2.75) is 12.8 Å². The van der Waals surface area contributed by atoms with Crippen LogP contribution in [0.4, 0.5) is 10.1 Å². The van der Waals surface area contributed by atoms with E-state index in [4.69, 9.17) is 9.47 Å². The average molecular weight is 410 g/mol. The number of esters is 1. The number of para-hydroxylation sites is 1. The van der Waals surface area contributed by atoms with Gasteiger partial charge in [0.15, 0.2) is 6.61 Å². The van der Waals surface area contributed by atoms with E-state index in [1.54, 1.807) is 6.07 Å². The fraction of sp³-hybridized carbons (Fsp3) is 0.222. The summed E-state index contributed by atoms with van der Waals surface area (Å²) in [7, 11) is 0. The zero-order valence-electron chi connectivity index (χ0n) is 13.3. The topological polar surface area (TPSA) is 64.6 Å². The number of carbonyl (C=O) groups is 2. The summed E-state index contributed by atoms with van der Waals surface area (Å²) in [5.74, 6) is -0.954. The largest absolute Gasteiger partial charge is 0.494 e. The molecular weight excluding hydrogens is 393 g/mol. The molecule has 0 aliphatic heterocycles. The fourth-order valence-corrected chi connectivity index (χ4v) is 2.31. The Morgan fingerprint density at radius 3 is 2.68 bits per heavy atom. The highest BCUT2D eigenvalue weighted by atomic mass is 79.9. The molecule has 1 N–H and O–H groups in total. The second-order valence-electron chi connectivity index (χ2n) is 5.10. The van der Waals surface area contributed by atoms with Crippen LogP contribution in [0.5, 0.6) is 5.75 Å². The minimum Gasteiger partial charge on any atom is -0.494 e. The molecule has 0 aliphatic carbocycles. The van der Waals surface area contributed by atoms with E-state index in [1.165, 1.54) is 18.2 Å². The third-order valence-electron chi connectivity index (χ3n) is 3.10. The molecular formula is C18H17BrFNO4. The van der Waals surface area contributed by atoms with Gasteiger partial charge < -0.3 is 14.8 Å². The third kappa shape index (κ3) is 6.93. The molecule has 0 bridgehead atoms. The van der Waals surface area contributed by atoms with E-state index in [0.717, 1.165) is 4.47 Å². The highest BCUT2D eigenvalue weighted by Crippen LogP contribution is 2.18. The molecule has 0 atom stereocenters. The number of nitrogens with one attached hydrogen (secondary N) is 1. The van der Waals surface area contributed by atoms with E-state index in [9.17, 15) is 14.0 Å². The quantitative estimate of drug-likeness (QED) is 0.529. The van der Waals surface area contributed by atoms with Crippen LogP contribution in [0.2, 0.25) is 0 Å². The Morgan fingerprint density at radius 2 is 1.92 bits per heavy atom. The molecule has 7 heteroatoms. The summed E-state index contributed by atoms with van der Waals surface area (Å²) in [6.07, 6.45) is 0.585. The maximum absolute atomic E-state index is 13.4. The lowest BCUT2D eigenvalue weighted by molar-refractivity contribution is -0.147. The summed E-state index contributed by atoms with van der Waals surface area (Å²) in [4.78, 5) is 23.2. The summed E-state index contributed by atoms with van der Waals surface area (Å²) in [5.41, 5.74) is 0.0472. The van der Waals surface area contributed by atoms with Gasteiger partial charge in [0.25, 0.3) is 5.91 Å². The van der Waals surface area contributed by atoms with Crippen LogP contribution in [-0.2, 0) is 14.3 Å². The van der Waals surface area contributed by atoms with Crippen LogP contribution in [0, 0.1) is 5.82 Å². The van der Waals surface area contributed by atoms with Gasteiger partial charge in [-0.05, 0) is 36.8 Å². The van der Waals surface area contributed by atoms with Crippen molar-refractivity contribution in [3.63, 3.8) is 0 Å². The number of hydrogen-bond donors (Lipinski definition) is 1. The summed E-state index contributed by atoms with van der Waals surface area (Å²) >= 11 is 3.34. The number of rotatable bonds is 8. The molecule has 0 aromatic heterocycles. The van der Waals surface area contributed by atoms with E-state index >= 15 is 0 Å². The van der Waals surface area contributed by atoms with E-state index in [2.05, 4.69) is 21.2 Å². The fourth-order valence-electron chi connectivity index (χ4n) is 1.93. The lowest BCUT2D eigenvalue weighted by Crippen LogP contribution is -2.21. The SMILES string of the molecule is O=C(COC(=O)CCCOc1cccc(Br)c1)Nc1ccccc1F. The Morgan fingerprint density at radius 1 is 1.12 bits per heavy atom. The van der Waals surface area contributed by atoms with E-state index in [1.807, 2.05) is 24.3 Å². The molecule has 0 saturated carbocycles. The first-order valence-electron chi connectivity index (χ1n) is 7.63. The first-order chi connectivity index (χ1) is 12.0. The molecule has 0 unspecified atom stereocenters. The molecule has 0 spiro atoms. The molecule has 0 saturated heterocycles. The van der Waals surface area contributed by atoms with Crippen LogP contribution in [0.25, 0.3) is 0 Å². The molecule has 25 heavy (non-hydrogen) atoms. The van der Waals surface area contributed by atoms with Gasteiger partial charge >= 0.3 is 5.97 Å². The number of halogens is 2. The number of hydrogen-bond acceptors (Lipinski definition) is 4. The minimum absolute atomic E-state index is 0.0472. The number of ether oxygens (including phenoxy) is 2. The van der Waals surface area contributed by atoms with Gasteiger partial charge in [-0.3, -0.25) is 9.59 Å². The van der Waals surface area contributed by atoms with Gasteiger partial charge in [-0.1, -0.05) is 34.1 Å². The molecule has 0 radical (unpaired) electrons. The Kier molecular flexibility index (Phi) is 7.40. The van der Waals surface area contributed by atoms with Crippen LogP contribution >= 0.6 is 15.9 Å². The summed E-state index contributed by atoms with van der Waals surface area (Å²) in [6, 6.07) is 13.1. The Bertz CT molecular complexity index is 739. The van der Waals surface area contributed by atoms with Crippen molar-refractivity contribution in [3.05, 3.63) is 58.8 Å². The molecule has 132 valence electrons. The summed E-state index contributed by atoms with van der Waals surface area (Å²) < 4.78 is 24.6. The van der Waals surface area contributed by atoms with Gasteiger partial charge in [0, 0.05) is 10.9 Å². The van der Waals surface area contributed by atoms with E-state index in [-0.39, 0.29) is 12.1 Å². The third-order valence-corrected chi connectivity index (χ3v) is 3.60. The zero-order chi connectivity index (χ0) is 18.1. The predicted octanol–water partition coefficient (Wildman–Crippen LogP) is 3.93. The Hall–Kier alpha value is -2.41. The molecule has 0 fully saturated rings. The maximum atomic E-state index is 13.4. The van der Waals surface area contributed by atoms with Crippen LogP contribution in [-0.4, -0.2) is 25.1 Å². The highest BCUT2D eigenvalue weighted by molar-refractivity contribution is 9.10. The first kappa shape index (κ1) is 18.9. The van der Waals surface area contributed by atoms with Crippen molar-refractivity contribution in [1.29, 1.82) is 0 Å². The van der Waals surface area contributed by atoms with Gasteiger partial charge in [-0.2, -0.15) is 0 Å². The van der Waals surface area contributed by atoms with Crippen molar-refractivity contribution in [1.82, 2.24) is 0 Å². The van der Waals surface area contributed by atoms with Crippen LogP contribution < -0.4 is 10.1 Å². The standard InChI is InChI=1S/C18H17BrFNO4/c19-13-5-3-6-14(11-13)24-10-4-9-18(23)25-12-17(22)21-16-8-2-1-7-15(16)20/h1-3,5-8,11H,4,9-10,12H2,(H,21,22). The minimum atomic E-state index is -0.594. The molecule has 2 rings (SSSR count). The molecule has 0 aliphatic rings. The second-order valence-corrected chi connectivity index (χ2v) is 6.01. The predicted molar refractivity (Wildman–Crippen MR) is 94.9 cm³/mol. The molecule has 5 nitrogen and oxygen atoms in total. The summed E-state index contributed by atoms with van der Waals surface area (Å²) in [6.45, 7) is -0.105. The number of carbonyl (C=O) groups excluding carboxylic acids is 2. The molecule has 2 aromatic rings. The van der Waals surface area contributed by atoms with Crippen molar-refractivity contribution in [2.24, 2.45) is 0 Å². The monoisotopic (exact) mass is 409 g/mol. The van der Waals surface area contributed by atoms with Gasteiger partial charge in [-0.15, -0.1) is 0 Å². The lowest BCUT2D eigenvalue weighted by atomic mass is 10.3. The van der Waals surface area contributed by atoms with E-state index < -0.39 is 24.3 Å². The van der Waals surface area contributed by atoms with Crippen molar-refractivity contribution in [3.8, 4) is 5.75 Å². The first-order valence-corrected chi connectivity index (χ1v) is 8.42. The lowest BCUT2D eigenvalue weighted by Gasteiger charge is -2.08. The summed E-state index contributed by atoms with van der Waals surface area (Å²) in [5, 5.41) is 2.34. The smallest absolute Gasteiger partial charge is 0.306 e. The number of amides is 1. The van der Waals surface area contributed by atoms with Crippen molar-refractivity contribution < 1.29 is 23.5 Å². The van der Waals surface area contributed by atoms with Gasteiger partial charge in [0.1, 0.15) is 11.6 Å². The van der Waals surface area contributed by atoms with Crippen molar-refractivity contribution in [2.75, 3.05) is 18.5 Å². The van der Waals surface area contributed by atoms with Crippen LogP contribution in [0.1, 0.15) is 12.8 Å². The second kappa shape index (κ2) is 9.78. The van der Waals surface area contributed by atoms with E-state index in [0.29, 0.717) is 18.8 Å². The molecule has 2 aromatic carbocycles. The van der Waals surface area contributed by atoms with Crippen LogP contribution in [0.15, 0.2) is 53.0 Å². The molecule has 1 amide bonds. The highest BCUT2D eigenvalue weighted by Gasteiger charge is 2.10. The van der Waals surface area contributed by atoms with Crippen LogP contribution in [0.3, 0.4) is 0 Å². The Labute approximate surface area is 153 Å². The normalized spacial score (nSPS) is 10.2. The Balaban J connectivity index is 1.62. The van der Waals surface area contributed by atoms with Gasteiger partial charge in [0.2, 0.25) is 0 Å². The average Bonchev–Trinajstić information content (AvgIpc) is 2.59. The van der Waals surface area contributed by atoms with Crippen molar-refractivity contribution >= 4 is 33.5 Å². The number of benzene rings is 2.